The average molecular weight is 428 g/mol. The van der Waals surface area contributed by atoms with Crippen molar-refractivity contribution in [3.63, 3.8) is 0 Å². The Hall–Kier alpha value is -0.240. The SMILES string of the molecule is C.ClCBr.N#CC1(CCl)CC(F)(F)C1.N#CC1CC(F)(F)C1. The van der Waals surface area contributed by atoms with Gasteiger partial charge in [0, 0.05) is 31.6 Å². The van der Waals surface area contributed by atoms with E-state index in [1.54, 1.807) is 6.07 Å². The van der Waals surface area contributed by atoms with Gasteiger partial charge in [0.05, 0.1) is 28.3 Å². The third-order valence-corrected chi connectivity index (χ3v) is 3.47. The first-order chi connectivity index (χ1) is 9.59. The minimum Gasteiger partial charge on any atom is -0.207 e. The first-order valence-electron chi connectivity index (χ1n) is 5.83. The lowest BCUT2D eigenvalue weighted by Crippen LogP contribution is -2.46. The summed E-state index contributed by atoms with van der Waals surface area (Å²) < 4.78 is 48.0. The normalized spacial score (nSPS) is 22.4. The van der Waals surface area contributed by atoms with Crippen LogP contribution < -0.4 is 0 Å². The molecule has 22 heavy (non-hydrogen) atoms. The van der Waals surface area contributed by atoms with E-state index in [9.17, 15) is 17.6 Å². The first-order valence-corrected chi connectivity index (χ1v) is 8.03. The molecule has 0 spiro atoms. The highest BCUT2D eigenvalue weighted by molar-refractivity contribution is 9.09. The molecule has 2 saturated carbocycles. The van der Waals surface area contributed by atoms with Crippen LogP contribution in [-0.4, -0.2) is 22.5 Å². The van der Waals surface area contributed by atoms with Gasteiger partial charge in [-0.2, -0.15) is 10.5 Å². The van der Waals surface area contributed by atoms with Gasteiger partial charge in [0.1, 0.15) is 0 Å². The van der Waals surface area contributed by atoms with E-state index in [-0.39, 0.29) is 44.9 Å². The molecule has 2 aliphatic carbocycles. The number of hydrogen-bond donors (Lipinski definition) is 0. The number of rotatable bonds is 1. The lowest BCUT2D eigenvalue weighted by molar-refractivity contribution is -0.130. The maximum absolute atomic E-state index is 12.2. The van der Waals surface area contributed by atoms with Crippen LogP contribution in [0.25, 0.3) is 0 Å². The van der Waals surface area contributed by atoms with Gasteiger partial charge in [-0.15, -0.1) is 23.2 Å². The van der Waals surface area contributed by atoms with Crippen molar-refractivity contribution in [1.82, 2.24) is 0 Å². The van der Waals surface area contributed by atoms with Gasteiger partial charge in [-0.25, -0.2) is 17.6 Å². The van der Waals surface area contributed by atoms with Crippen molar-refractivity contribution in [1.29, 1.82) is 10.5 Å². The first kappa shape index (κ1) is 24.0. The van der Waals surface area contributed by atoms with E-state index < -0.39 is 17.3 Å². The summed E-state index contributed by atoms with van der Waals surface area (Å²) in [6.07, 6.45) is -1.22. The van der Waals surface area contributed by atoms with E-state index in [2.05, 4.69) is 15.9 Å². The maximum atomic E-state index is 12.2. The topological polar surface area (TPSA) is 47.6 Å². The Morgan fingerprint density at radius 1 is 1.05 bits per heavy atom. The van der Waals surface area contributed by atoms with Crippen LogP contribution in [0.1, 0.15) is 33.1 Å². The Morgan fingerprint density at radius 2 is 1.45 bits per heavy atom. The summed E-state index contributed by atoms with van der Waals surface area (Å²) in [6, 6.07) is 3.59. The molecule has 0 aromatic carbocycles. The van der Waals surface area contributed by atoms with E-state index in [1.807, 2.05) is 6.07 Å². The number of alkyl halides is 7. The van der Waals surface area contributed by atoms with Crippen LogP contribution in [0.15, 0.2) is 0 Å². The zero-order valence-electron chi connectivity index (χ0n) is 10.9. The Labute approximate surface area is 146 Å². The van der Waals surface area contributed by atoms with Crippen molar-refractivity contribution < 1.29 is 17.6 Å². The summed E-state index contributed by atoms with van der Waals surface area (Å²) in [5.74, 6) is -5.55. The third kappa shape index (κ3) is 7.85. The van der Waals surface area contributed by atoms with Crippen LogP contribution >= 0.6 is 39.1 Å². The molecule has 0 unspecified atom stereocenters. The highest BCUT2D eigenvalue weighted by Crippen LogP contribution is 2.52. The molecule has 0 bridgehead atoms. The van der Waals surface area contributed by atoms with Crippen molar-refractivity contribution in [2.24, 2.45) is 11.3 Å². The molecule has 0 atom stereocenters. The molecule has 0 saturated heterocycles. The zero-order chi connectivity index (χ0) is 16.7. The minimum atomic E-state index is -2.65. The van der Waals surface area contributed by atoms with E-state index in [4.69, 9.17) is 33.7 Å². The molecule has 0 radical (unpaired) electrons. The molecule has 0 amide bonds. The summed E-state index contributed by atoms with van der Waals surface area (Å²) >= 11 is 13.2. The number of nitriles is 2. The monoisotopic (exact) mass is 426 g/mol. The lowest BCUT2D eigenvalue weighted by Gasteiger charge is -2.40. The van der Waals surface area contributed by atoms with E-state index in [0.717, 1.165) is 0 Å². The molecule has 2 rings (SSSR count). The van der Waals surface area contributed by atoms with Crippen molar-refractivity contribution in [2.45, 2.75) is 45.0 Å². The van der Waals surface area contributed by atoms with E-state index >= 15 is 0 Å². The van der Waals surface area contributed by atoms with Crippen LogP contribution in [0.3, 0.4) is 0 Å². The minimum absolute atomic E-state index is 0. The van der Waals surface area contributed by atoms with Gasteiger partial charge in [0.15, 0.2) is 0 Å². The Bertz CT molecular complexity index is 405. The van der Waals surface area contributed by atoms with Gasteiger partial charge < -0.3 is 0 Å². The predicted octanol–water partition coefficient (Wildman–Crippen LogP) is 5.93. The average Bonchev–Trinajstić information content (AvgIpc) is 2.34. The highest BCUT2D eigenvalue weighted by atomic mass is 79.9. The molecule has 0 heterocycles. The Balaban J connectivity index is 0. The summed E-state index contributed by atoms with van der Waals surface area (Å²) in [4.78, 5) is 0.535. The maximum Gasteiger partial charge on any atom is 0.251 e. The zero-order valence-corrected chi connectivity index (χ0v) is 14.0. The van der Waals surface area contributed by atoms with Gasteiger partial charge in [-0.05, 0) is 0 Å². The molecule has 0 N–H and O–H groups in total. The molecule has 9 heteroatoms. The van der Waals surface area contributed by atoms with Crippen LogP contribution in [0.5, 0.6) is 0 Å². The number of hydrogen-bond acceptors (Lipinski definition) is 2. The largest absolute Gasteiger partial charge is 0.251 e. The van der Waals surface area contributed by atoms with Gasteiger partial charge in [0.25, 0.3) is 11.8 Å². The second-order valence-electron chi connectivity index (χ2n) is 4.93. The van der Waals surface area contributed by atoms with Crippen LogP contribution in [-0.2, 0) is 0 Å². The van der Waals surface area contributed by atoms with Gasteiger partial charge in [-0.3, -0.25) is 0 Å². The van der Waals surface area contributed by atoms with Crippen LogP contribution in [0, 0.1) is 34.0 Å². The van der Waals surface area contributed by atoms with E-state index in [0.29, 0.717) is 4.79 Å². The molecular weight excluding hydrogens is 411 g/mol. The molecule has 2 fully saturated rings. The molecule has 0 aromatic heterocycles. The summed E-state index contributed by atoms with van der Waals surface area (Å²) in [5.41, 5.74) is -0.939. The van der Waals surface area contributed by atoms with Gasteiger partial charge in [-0.1, -0.05) is 23.4 Å². The fraction of sp³-hybridized carbons (Fsp3) is 0.846. The number of nitrogens with zero attached hydrogens (tertiary/aromatic N) is 2. The number of halogens is 7. The molecule has 2 nitrogen and oxygen atoms in total. The smallest absolute Gasteiger partial charge is 0.207 e. The van der Waals surface area contributed by atoms with Crippen molar-refractivity contribution in [2.75, 3.05) is 10.7 Å². The van der Waals surface area contributed by atoms with Crippen molar-refractivity contribution in [3.8, 4) is 12.1 Å². The van der Waals surface area contributed by atoms with Crippen molar-refractivity contribution >= 4 is 39.1 Å². The fourth-order valence-corrected chi connectivity index (χ4v) is 2.14. The predicted molar refractivity (Wildman–Crippen MR) is 82.6 cm³/mol. The summed E-state index contributed by atoms with van der Waals surface area (Å²) in [7, 11) is 0. The van der Waals surface area contributed by atoms with Crippen LogP contribution in [0.2, 0.25) is 0 Å². The van der Waals surface area contributed by atoms with E-state index in [1.165, 1.54) is 0 Å². The third-order valence-electron chi connectivity index (χ3n) is 2.96. The standard InChI is InChI=1S/C6H6ClF2N.C5H5F2N.CH2BrCl.CH4/c7-3-5(4-10)1-6(8,9)2-5;6-5(7)1-4(2-5)3-8;2-1-3;/h1-3H2;4H,1-2H2;1H2;1H4. The van der Waals surface area contributed by atoms with Crippen LogP contribution in [0.4, 0.5) is 17.6 Å². The molecule has 2 aliphatic rings. The Morgan fingerprint density at radius 3 is 1.55 bits per heavy atom. The molecular formula is C13H17BrCl2F4N2. The molecule has 0 aromatic rings. The van der Waals surface area contributed by atoms with Gasteiger partial charge >= 0.3 is 0 Å². The summed E-state index contributed by atoms with van der Waals surface area (Å²) in [5, 5.41) is 16.4. The highest BCUT2D eigenvalue weighted by Gasteiger charge is 2.56. The summed E-state index contributed by atoms with van der Waals surface area (Å²) in [6.45, 7) is 0. The Kier molecular flexibility index (Phi) is 10.7. The fourth-order valence-electron chi connectivity index (χ4n) is 1.89. The quantitative estimate of drug-likeness (QED) is 0.384. The van der Waals surface area contributed by atoms with Crippen molar-refractivity contribution in [3.05, 3.63) is 0 Å². The van der Waals surface area contributed by atoms with Gasteiger partial charge in [0.2, 0.25) is 0 Å². The molecule has 0 aliphatic heterocycles. The second kappa shape index (κ2) is 9.80. The second-order valence-corrected chi connectivity index (χ2v) is 6.67. The molecule has 128 valence electrons. The lowest BCUT2D eigenvalue weighted by atomic mass is 9.68.